The van der Waals surface area contributed by atoms with Gasteiger partial charge >= 0.3 is 35.6 Å². The van der Waals surface area contributed by atoms with Gasteiger partial charge in [0.25, 0.3) is 11.8 Å². The van der Waals surface area contributed by atoms with Crippen LogP contribution in [0, 0.1) is 23.3 Å². The molecule has 0 radical (unpaired) electrons. The fraction of sp³-hybridized carbons (Fsp3) is 0.429. The van der Waals surface area contributed by atoms with Crippen molar-refractivity contribution in [3.63, 3.8) is 0 Å². The Morgan fingerprint density at radius 1 is 0.561 bits per heavy atom. The molecule has 3 saturated heterocycles. The molecule has 0 bridgehead atoms. The number of nitrogens with one attached hydrogen (secondary N) is 4. The second kappa shape index (κ2) is 23.2. The minimum atomic E-state index is -0.916. The number of aromatic nitrogens is 2. The molecule has 6 amide bonds. The van der Waals surface area contributed by atoms with E-state index in [4.69, 9.17) is 5.11 Å². The molecule has 3 aliphatic rings. The van der Waals surface area contributed by atoms with Crippen molar-refractivity contribution in [2.45, 2.75) is 13.8 Å². The normalized spacial score (nSPS) is 15.0. The maximum Gasteiger partial charge on any atom is 0.397 e. The number of rotatable bonds is 6. The van der Waals surface area contributed by atoms with Gasteiger partial charge in [0.2, 0.25) is 0 Å². The minimum absolute atomic E-state index is 0.0133. The van der Waals surface area contributed by atoms with Crippen LogP contribution in [0.5, 0.6) is 0 Å². The smallest absolute Gasteiger partial charge is 0.397 e. The number of amides is 6. The number of hydrogen-bond donors (Lipinski definition) is 5. The largest absolute Gasteiger partial charge is 0.459 e. The summed E-state index contributed by atoms with van der Waals surface area (Å²) >= 11 is 0. The Labute approximate surface area is 374 Å². The Hall–Kier alpha value is -7.08. The fourth-order valence-electron chi connectivity index (χ4n) is 7.02. The van der Waals surface area contributed by atoms with E-state index in [0.29, 0.717) is 13.1 Å². The molecule has 7 rings (SSSR count). The van der Waals surface area contributed by atoms with Crippen LogP contribution >= 0.6 is 0 Å². The second-order valence-electron chi connectivity index (χ2n) is 14.7. The van der Waals surface area contributed by atoms with Crippen LogP contribution in [-0.4, -0.2) is 192 Å². The summed E-state index contributed by atoms with van der Waals surface area (Å²) in [6.45, 7) is 7.56. The van der Waals surface area contributed by atoms with Crippen molar-refractivity contribution >= 4 is 69.2 Å². The first-order valence-electron chi connectivity index (χ1n) is 20.9. The van der Waals surface area contributed by atoms with Crippen LogP contribution in [0.3, 0.4) is 0 Å². The van der Waals surface area contributed by atoms with Gasteiger partial charge in [0.15, 0.2) is 0 Å². The molecule has 3 fully saturated rings. The van der Waals surface area contributed by atoms with E-state index >= 15 is 0 Å². The van der Waals surface area contributed by atoms with Gasteiger partial charge in [-0.25, -0.2) is 27.2 Å². The lowest BCUT2D eigenvalue weighted by atomic mass is 10.2. The average molecular weight is 932 g/mol. The van der Waals surface area contributed by atoms with Crippen molar-refractivity contribution in [1.29, 1.82) is 0 Å². The van der Waals surface area contributed by atoms with Crippen molar-refractivity contribution in [2.24, 2.45) is 0 Å². The molecule has 0 atom stereocenters. The number of hydrogen-bond acceptors (Lipinski definition) is 12. The van der Waals surface area contributed by atoms with Gasteiger partial charge in [-0.2, -0.15) is 0 Å². The van der Waals surface area contributed by atoms with Crippen LogP contribution in [0.2, 0.25) is 0 Å². The van der Waals surface area contributed by atoms with E-state index in [2.05, 4.69) is 30.1 Å². The lowest BCUT2D eigenvalue weighted by Gasteiger charge is -2.34. The molecule has 0 saturated carbocycles. The highest BCUT2D eigenvalue weighted by Crippen LogP contribution is 2.23. The highest BCUT2D eigenvalue weighted by molar-refractivity contribution is 6.35. The Morgan fingerprint density at radius 3 is 1.33 bits per heavy atom. The van der Waals surface area contributed by atoms with Crippen LogP contribution in [0.15, 0.2) is 36.4 Å². The molecule has 20 nitrogen and oxygen atoms in total. The number of carbonyl (C=O) groups is 8. The monoisotopic (exact) mass is 931 g/mol. The molecule has 356 valence electrons. The fourth-order valence-corrected chi connectivity index (χ4v) is 7.02. The van der Waals surface area contributed by atoms with E-state index in [1.54, 1.807) is 13.8 Å². The maximum absolute atomic E-state index is 13.8. The third-order valence-corrected chi connectivity index (χ3v) is 10.4. The first-order chi connectivity index (χ1) is 31.6. The van der Waals surface area contributed by atoms with Gasteiger partial charge in [-0.1, -0.05) is 0 Å². The SMILES string of the molecule is CCOC(=O)C(=O)N1CCN(C(=O)c2cc3c(F)cc(F)cc3[nH]2)CC1.CCOC(=O)C(=O)N1CCNCC1.O=C(NCCO)C(=O)N1CCN(C(=O)c2cc3c(F)cc(F)cc3[nH]2)CC1. The zero-order chi connectivity index (χ0) is 48.1. The number of ether oxygens (including phenoxy) is 2. The van der Waals surface area contributed by atoms with Gasteiger partial charge in [-0.3, -0.25) is 28.8 Å². The van der Waals surface area contributed by atoms with E-state index in [9.17, 15) is 55.9 Å². The summed E-state index contributed by atoms with van der Waals surface area (Å²) in [5.41, 5.74) is 0.636. The van der Waals surface area contributed by atoms with Crippen LogP contribution in [0.4, 0.5) is 17.6 Å². The highest BCUT2D eigenvalue weighted by atomic mass is 19.1. The number of carbonyl (C=O) groups excluding carboxylic acids is 8. The molecule has 0 unspecified atom stereocenters. The first-order valence-corrected chi connectivity index (χ1v) is 20.9. The predicted molar refractivity (Wildman–Crippen MR) is 224 cm³/mol. The zero-order valence-electron chi connectivity index (χ0n) is 36.1. The minimum Gasteiger partial charge on any atom is -0.459 e. The Kier molecular flexibility index (Phi) is 17.6. The molecule has 5 N–H and O–H groups in total. The van der Waals surface area contributed by atoms with Crippen molar-refractivity contribution in [3.05, 3.63) is 71.1 Å². The number of aromatic amines is 2. The molecule has 5 heterocycles. The standard InChI is InChI=1S/C17H18F2N4O4.C17H17F2N3O4.C8H14N2O3/c18-10-7-12(19)11-9-14(21-13(11)8-10)16(26)22-2-4-23(5-3-22)17(27)15(25)20-1-6-24;1-2-26-17(25)16(24)22-5-3-21(4-6-22)15(23)14-9-11-12(19)7-10(18)8-13(11)20-14;1-2-13-8(12)7(11)10-5-3-9-4-6-10/h7-9,21,24H,1-6H2,(H,20,25);7-9,20H,2-6H2,1H3;9H,2-6H2,1H3. The molecule has 66 heavy (non-hydrogen) atoms. The van der Waals surface area contributed by atoms with Gasteiger partial charge in [-0.05, 0) is 38.1 Å². The lowest BCUT2D eigenvalue weighted by molar-refractivity contribution is -0.160. The van der Waals surface area contributed by atoms with Crippen molar-refractivity contribution in [3.8, 4) is 0 Å². The van der Waals surface area contributed by atoms with Crippen molar-refractivity contribution < 1.29 is 70.5 Å². The Balaban J connectivity index is 0.000000197. The van der Waals surface area contributed by atoms with Gasteiger partial charge in [0, 0.05) is 108 Å². The van der Waals surface area contributed by atoms with Crippen LogP contribution < -0.4 is 10.6 Å². The molecule has 4 aromatic rings. The molecule has 0 spiro atoms. The van der Waals surface area contributed by atoms with E-state index in [-0.39, 0.29) is 118 Å². The van der Waals surface area contributed by atoms with E-state index in [1.807, 2.05) is 0 Å². The maximum atomic E-state index is 13.8. The topological polar surface area (TPSA) is 247 Å². The zero-order valence-corrected chi connectivity index (χ0v) is 36.1. The van der Waals surface area contributed by atoms with E-state index < -0.39 is 64.7 Å². The Bertz CT molecular complexity index is 2440. The summed E-state index contributed by atoms with van der Waals surface area (Å²) in [5, 5.41) is 14.3. The molecule has 0 aliphatic carbocycles. The van der Waals surface area contributed by atoms with Crippen molar-refractivity contribution in [2.75, 3.05) is 105 Å². The summed E-state index contributed by atoms with van der Waals surface area (Å²) in [4.78, 5) is 107. The number of H-pyrrole nitrogens is 2. The van der Waals surface area contributed by atoms with Gasteiger partial charge in [0.05, 0.1) is 30.9 Å². The van der Waals surface area contributed by atoms with Crippen LogP contribution in [0.1, 0.15) is 34.8 Å². The number of halogens is 4. The van der Waals surface area contributed by atoms with E-state index in [0.717, 1.165) is 37.4 Å². The number of aliphatic hydroxyl groups excluding tert-OH is 1. The average Bonchev–Trinajstić information content (AvgIpc) is 3.96. The van der Waals surface area contributed by atoms with Crippen LogP contribution in [0.25, 0.3) is 21.8 Å². The highest BCUT2D eigenvalue weighted by Gasteiger charge is 2.31. The number of aliphatic hydroxyl groups is 1. The molecule has 2 aromatic heterocycles. The third-order valence-electron chi connectivity index (χ3n) is 10.4. The molecular formula is C42H49F4N9O11. The van der Waals surface area contributed by atoms with Crippen molar-refractivity contribution in [1.82, 2.24) is 45.1 Å². The van der Waals surface area contributed by atoms with Gasteiger partial charge in [0.1, 0.15) is 34.7 Å². The lowest BCUT2D eigenvalue weighted by Crippen LogP contribution is -2.54. The second-order valence-corrected chi connectivity index (χ2v) is 14.7. The number of piperazine rings is 3. The van der Waals surface area contributed by atoms with Gasteiger partial charge in [-0.15, -0.1) is 0 Å². The predicted octanol–water partition coefficient (Wildman–Crippen LogP) is 0.114. The number of benzene rings is 2. The summed E-state index contributed by atoms with van der Waals surface area (Å²) in [7, 11) is 0. The summed E-state index contributed by atoms with van der Waals surface area (Å²) < 4.78 is 63.4. The number of esters is 2. The summed E-state index contributed by atoms with van der Waals surface area (Å²) in [5.74, 6) is -8.22. The molecule has 2 aromatic carbocycles. The molecule has 3 aliphatic heterocycles. The third kappa shape index (κ3) is 12.6. The first kappa shape index (κ1) is 49.9. The molecule has 24 heteroatoms. The summed E-state index contributed by atoms with van der Waals surface area (Å²) in [6.07, 6.45) is 0. The number of nitrogens with zero attached hydrogens (tertiary/aromatic N) is 5. The summed E-state index contributed by atoms with van der Waals surface area (Å²) in [6, 6.07) is 6.39. The Morgan fingerprint density at radius 2 is 0.939 bits per heavy atom. The quantitative estimate of drug-likeness (QED) is 0.0984. The molecular weight excluding hydrogens is 883 g/mol. The number of fused-ring (bicyclic) bond motifs is 2. The van der Waals surface area contributed by atoms with E-state index in [1.165, 1.54) is 36.6 Å². The van der Waals surface area contributed by atoms with Gasteiger partial charge < -0.3 is 59.7 Å². The van der Waals surface area contributed by atoms with Crippen LogP contribution in [-0.2, 0) is 38.2 Å².